The minimum absolute atomic E-state index is 0.0150. The molecule has 1 atom stereocenters. The Morgan fingerprint density at radius 1 is 1.47 bits per heavy atom. The van der Waals surface area contributed by atoms with Crippen LogP contribution in [-0.2, 0) is 9.84 Å². The van der Waals surface area contributed by atoms with Crippen LogP contribution in [0.1, 0.15) is 23.2 Å². The van der Waals surface area contributed by atoms with E-state index >= 15 is 0 Å². The van der Waals surface area contributed by atoms with Crippen molar-refractivity contribution in [3.8, 4) is 0 Å². The van der Waals surface area contributed by atoms with Gasteiger partial charge in [-0.2, -0.15) is 0 Å². The Balaban J connectivity index is 2.17. The summed E-state index contributed by atoms with van der Waals surface area (Å²) in [6, 6.07) is 2.33. The van der Waals surface area contributed by atoms with Gasteiger partial charge in [-0.25, -0.2) is 18.2 Å². The molecule has 1 aromatic heterocycles. The zero-order valence-electron chi connectivity index (χ0n) is 9.97. The summed E-state index contributed by atoms with van der Waals surface area (Å²) in [5.41, 5.74) is 0.0150. The maximum Gasteiger partial charge on any atom is 0.335 e. The van der Waals surface area contributed by atoms with Crippen LogP contribution in [0, 0.1) is 0 Å². The number of rotatable bonds is 3. The molecule has 1 aliphatic heterocycles. The fourth-order valence-corrected chi connectivity index (χ4v) is 3.88. The molecule has 1 saturated heterocycles. The van der Waals surface area contributed by atoms with Crippen LogP contribution in [0.3, 0.4) is 0 Å². The van der Waals surface area contributed by atoms with Crippen molar-refractivity contribution in [2.24, 2.45) is 0 Å². The maximum absolute atomic E-state index is 11.5. The van der Waals surface area contributed by atoms with Gasteiger partial charge in [0, 0.05) is 6.04 Å². The largest absolute Gasteiger partial charge is 0.478 e. The normalized spacial score (nSPS) is 21.8. The molecule has 0 radical (unpaired) electrons. The number of carbonyl (C=O) groups is 1. The standard InChI is InChI=1S/C11H13ClN2O4S/c12-9-4-7(11(15)16)5-10(14-9)13-8-2-1-3-19(17,18)6-8/h4-5,8H,1-3,6H2,(H,13,14)(H,15,16). The Labute approximate surface area is 115 Å². The monoisotopic (exact) mass is 304 g/mol. The predicted molar refractivity (Wildman–Crippen MR) is 71.5 cm³/mol. The van der Waals surface area contributed by atoms with Crippen LogP contribution in [-0.4, -0.2) is 42.0 Å². The lowest BCUT2D eigenvalue weighted by atomic mass is 10.2. The van der Waals surface area contributed by atoms with Gasteiger partial charge in [0.1, 0.15) is 11.0 Å². The van der Waals surface area contributed by atoms with Gasteiger partial charge in [0.05, 0.1) is 17.1 Å². The summed E-state index contributed by atoms with van der Waals surface area (Å²) in [5, 5.41) is 11.9. The van der Waals surface area contributed by atoms with E-state index in [0.29, 0.717) is 12.8 Å². The summed E-state index contributed by atoms with van der Waals surface area (Å²) in [6.07, 6.45) is 1.29. The number of aromatic nitrogens is 1. The van der Waals surface area contributed by atoms with Gasteiger partial charge >= 0.3 is 5.97 Å². The molecule has 2 rings (SSSR count). The fraction of sp³-hybridized carbons (Fsp3) is 0.455. The Morgan fingerprint density at radius 2 is 2.21 bits per heavy atom. The van der Waals surface area contributed by atoms with Gasteiger partial charge in [-0.1, -0.05) is 11.6 Å². The van der Waals surface area contributed by atoms with Crippen LogP contribution in [0.15, 0.2) is 12.1 Å². The smallest absolute Gasteiger partial charge is 0.335 e. The van der Waals surface area contributed by atoms with E-state index in [4.69, 9.17) is 16.7 Å². The van der Waals surface area contributed by atoms with E-state index in [0.717, 1.165) is 0 Å². The van der Waals surface area contributed by atoms with Crippen molar-refractivity contribution in [3.05, 3.63) is 22.8 Å². The molecule has 0 spiro atoms. The molecule has 0 amide bonds. The Hall–Kier alpha value is -1.34. The number of halogens is 1. The van der Waals surface area contributed by atoms with Gasteiger partial charge in [0.25, 0.3) is 0 Å². The van der Waals surface area contributed by atoms with E-state index < -0.39 is 15.8 Å². The highest BCUT2D eigenvalue weighted by molar-refractivity contribution is 7.91. The van der Waals surface area contributed by atoms with E-state index in [2.05, 4.69) is 10.3 Å². The van der Waals surface area contributed by atoms with E-state index in [9.17, 15) is 13.2 Å². The molecule has 1 aliphatic rings. The minimum atomic E-state index is -3.03. The molecule has 1 unspecified atom stereocenters. The average Bonchev–Trinajstić information content (AvgIpc) is 2.26. The molecule has 0 aromatic carbocycles. The summed E-state index contributed by atoms with van der Waals surface area (Å²) in [6.45, 7) is 0. The lowest BCUT2D eigenvalue weighted by Crippen LogP contribution is -2.35. The summed E-state index contributed by atoms with van der Waals surface area (Å²) in [4.78, 5) is 14.8. The SMILES string of the molecule is O=C(O)c1cc(Cl)nc(NC2CCCS(=O)(=O)C2)c1. The summed E-state index contributed by atoms with van der Waals surface area (Å²) < 4.78 is 23.0. The second kappa shape index (κ2) is 5.34. The maximum atomic E-state index is 11.5. The van der Waals surface area contributed by atoms with E-state index in [-0.39, 0.29) is 34.1 Å². The number of hydrogen-bond acceptors (Lipinski definition) is 5. The molecule has 8 heteroatoms. The molecule has 19 heavy (non-hydrogen) atoms. The first-order valence-corrected chi connectivity index (χ1v) is 7.93. The van der Waals surface area contributed by atoms with Crippen molar-refractivity contribution in [1.29, 1.82) is 0 Å². The number of anilines is 1. The lowest BCUT2D eigenvalue weighted by Gasteiger charge is -2.23. The first-order valence-electron chi connectivity index (χ1n) is 5.73. The van der Waals surface area contributed by atoms with Crippen molar-refractivity contribution < 1.29 is 18.3 Å². The molecule has 2 heterocycles. The number of hydrogen-bond donors (Lipinski definition) is 2. The Bertz CT molecular complexity index is 603. The van der Waals surface area contributed by atoms with Crippen LogP contribution in [0.25, 0.3) is 0 Å². The van der Waals surface area contributed by atoms with Crippen molar-refractivity contribution in [1.82, 2.24) is 4.98 Å². The van der Waals surface area contributed by atoms with Crippen LogP contribution in [0.2, 0.25) is 5.15 Å². The third kappa shape index (κ3) is 3.81. The highest BCUT2D eigenvalue weighted by Crippen LogP contribution is 2.19. The number of carboxylic acid groups (broad SMARTS) is 1. The van der Waals surface area contributed by atoms with Crippen LogP contribution in [0.4, 0.5) is 5.82 Å². The quantitative estimate of drug-likeness (QED) is 0.820. The molecular weight excluding hydrogens is 292 g/mol. The van der Waals surface area contributed by atoms with Gasteiger partial charge in [0.2, 0.25) is 0 Å². The predicted octanol–water partition coefficient (Wildman–Crippen LogP) is 1.42. The van der Waals surface area contributed by atoms with E-state index in [1.54, 1.807) is 0 Å². The molecule has 1 fully saturated rings. The molecule has 1 aromatic rings. The van der Waals surface area contributed by atoms with Crippen LogP contribution >= 0.6 is 11.6 Å². The van der Waals surface area contributed by atoms with Gasteiger partial charge in [-0.15, -0.1) is 0 Å². The third-order valence-corrected chi connectivity index (χ3v) is 4.87. The molecule has 104 valence electrons. The molecule has 2 N–H and O–H groups in total. The van der Waals surface area contributed by atoms with Crippen molar-refractivity contribution in [2.45, 2.75) is 18.9 Å². The molecule has 0 aliphatic carbocycles. The molecular formula is C11H13ClN2O4S. The summed E-state index contributed by atoms with van der Waals surface area (Å²) in [5.74, 6) is -0.589. The zero-order valence-corrected chi connectivity index (χ0v) is 11.5. The van der Waals surface area contributed by atoms with E-state index in [1.807, 2.05) is 0 Å². The number of sulfone groups is 1. The number of aromatic carboxylic acids is 1. The molecule has 6 nitrogen and oxygen atoms in total. The molecule has 0 saturated carbocycles. The highest BCUT2D eigenvalue weighted by atomic mass is 35.5. The van der Waals surface area contributed by atoms with Gasteiger partial charge in [-0.3, -0.25) is 0 Å². The van der Waals surface area contributed by atoms with Gasteiger partial charge < -0.3 is 10.4 Å². The number of carboxylic acids is 1. The lowest BCUT2D eigenvalue weighted by molar-refractivity contribution is 0.0696. The van der Waals surface area contributed by atoms with Crippen molar-refractivity contribution in [3.63, 3.8) is 0 Å². The third-order valence-electron chi connectivity index (χ3n) is 2.86. The summed E-state index contributed by atoms with van der Waals surface area (Å²) >= 11 is 5.74. The Morgan fingerprint density at radius 3 is 2.84 bits per heavy atom. The number of pyridine rings is 1. The summed E-state index contributed by atoms with van der Waals surface area (Å²) in [7, 11) is -3.03. The van der Waals surface area contributed by atoms with Crippen molar-refractivity contribution in [2.75, 3.05) is 16.8 Å². The van der Waals surface area contributed by atoms with Crippen LogP contribution < -0.4 is 5.32 Å². The van der Waals surface area contributed by atoms with Crippen LogP contribution in [0.5, 0.6) is 0 Å². The first-order chi connectivity index (χ1) is 8.85. The second-order valence-electron chi connectivity index (χ2n) is 4.47. The average molecular weight is 305 g/mol. The Kier molecular flexibility index (Phi) is 3.96. The number of nitrogens with one attached hydrogen (secondary N) is 1. The fourth-order valence-electron chi connectivity index (χ4n) is 2.04. The number of nitrogens with zero attached hydrogens (tertiary/aromatic N) is 1. The topological polar surface area (TPSA) is 96.4 Å². The van der Waals surface area contributed by atoms with Gasteiger partial charge in [0.15, 0.2) is 9.84 Å². The second-order valence-corrected chi connectivity index (χ2v) is 7.08. The van der Waals surface area contributed by atoms with E-state index in [1.165, 1.54) is 12.1 Å². The molecule has 0 bridgehead atoms. The first kappa shape index (κ1) is 14.1. The highest BCUT2D eigenvalue weighted by Gasteiger charge is 2.25. The zero-order chi connectivity index (χ0) is 14.0. The minimum Gasteiger partial charge on any atom is -0.478 e. The van der Waals surface area contributed by atoms with Crippen molar-refractivity contribution >= 4 is 33.2 Å². The van der Waals surface area contributed by atoms with Gasteiger partial charge in [-0.05, 0) is 25.0 Å².